The van der Waals surface area contributed by atoms with Crippen LogP contribution in [0.25, 0.3) is 0 Å². The predicted molar refractivity (Wildman–Crippen MR) is 121 cm³/mol. The van der Waals surface area contributed by atoms with Gasteiger partial charge < -0.3 is 20.7 Å². The van der Waals surface area contributed by atoms with Gasteiger partial charge in [0, 0.05) is 24.5 Å². The lowest BCUT2D eigenvalue weighted by Gasteiger charge is -2.32. The van der Waals surface area contributed by atoms with Crippen molar-refractivity contribution >= 4 is 36.0 Å². The van der Waals surface area contributed by atoms with Gasteiger partial charge in [0.1, 0.15) is 0 Å². The third-order valence-electron chi connectivity index (χ3n) is 4.85. The van der Waals surface area contributed by atoms with Gasteiger partial charge in [-0.1, -0.05) is 43.7 Å². The molecule has 27 heavy (non-hydrogen) atoms. The number of ether oxygens (including phenoxy) is 1. The fraction of sp³-hybridized carbons (Fsp3) is 0.600. The Hall–Kier alpha value is -1.51. The second-order valence-corrected chi connectivity index (χ2v) is 7.56. The van der Waals surface area contributed by atoms with Crippen LogP contribution in [0.1, 0.15) is 44.7 Å². The van der Waals surface area contributed by atoms with E-state index in [4.69, 9.17) is 10.5 Å². The number of benzene rings is 1. The second-order valence-electron chi connectivity index (χ2n) is 7.56. The largest absolute Gasteiger partial charge is 0.450 e. The van der Waals surface area contributed by atoms with Gasteiger partial charge in [-0.25, -0.2) is 4.79 Å². The van der Waals surface area contributed by atoms with Gasteiger partial charge in [-0.3, -0.25) is 4.99 Å². The summed E-state index contributed by atoms with van der Waals surface area (Å²) in [5, 5.41) is 3.29. The number of nitrogens with zero attached hydrogens (tertiary/aromatic N) is 2. The molecule has 1 amide bonds. The van der Waals surface area contributed by atoms with Crippen molar-refractivity contribution in [2.45, 2.75) is 52.0 Å². The number of piperidine rings is 1. The molecule has 7 heteroatoms. The van der Waals surface area contributed by atoms with Crippen molar-refractivity contribution in [1.82, 2.24) is 10.2 Å². The van der Waals surface area contributed by atoms with Gasteiger partial charge in [-0.05, 0) is 32.3 Å². The lowest BCUT2D eigenvalue weighted by molar-refractivity contribution is 0.0963. The monoisotopic (exact) mass is 488 g/mol. The number of aliphatic imine (C=N–C) groups is 1. The zero-order valence-electron chi connectivity index (χ0n) is 16.8. The summed E-state index contributed by atoms with van der Waals surface area (Å²) in [6.45, 7) is 10.6. The molecular weight excluding hydrogens is 455 g/mol. The van der Waals surface area contributed by atoms with E-state index in [0.717, 1.165) is 12.8 Å². The molecule has 0 aliphatic carbocycles. The van der Waals surface area contributed by atoms with Gasteiger partial charge >= 0.3 is 6.09 Å². The molecule has 0 bridgehead atoms. The molecule has 0 spiro atoms. The number of halogens is 1. The smallest absolute Gasteiger partial charge is 0.409 e. The van der Waals surface area contributed by atoms with Crippen molar-refractivity contribution in [1.29, 1.82) is 0 Å². The minimum absolute atomic E-state index is 0. The quantitative estimate of drug-likeness (QED) is 0.378. The van der Waals surface area contributed by atoms with Crippen LogP contribution in [0, 0.1) is 6.92 Å². The molecule has 1 aliphatic heterocycles. The maximum absolute atomic E-state index is 11.7. The number of likely N-dealkylation sites (tertiary alicyclic amines) is 1. The molecular formula is C20H33IN4O2. The number of hydrogen-bond acceptors (Lipinski definition) is 3. The minimum atomic E-state index is -0.229. The first-order valence-corrected chi connectivity index (χ1v) is 9.37. The van der Waals surface area contributed by atoms with Gasteiger partial charge in [0.25, 0.3) is 0 Å². The maximum Gasteiger partial charge on any atom is 0.409 e. The van der Waals surface area contributed by atoms with E-state index in [1.54, 1.807) is 4.90 Å². The highest BCUT2D eigenvalue weighted by molar-refractivity contribution is 14.0. The lowest BCUT2D eigenvalue weighted by Crippen LogP contribution is -2.48. The standard InChI is InChI=1S/C20H32N4O2.HI/c1-5-26-19(25)24-12-10-17(11-13-24)23-18(21)22-14-20(3,4)16-8-6-15(2)7-9-16;/h6-9,17H,5,10-14H2,1-4H3,(H3,21,22,23);1H. The average Bonchev–Trinajstić information content (AvgIpc) is 2.61. The van der Waals surface area contributed by atoms with Crippen molar-refractivity contribution in [3.63, 3.8) is 0 Å². The number of guanidine groups is 1. The van der Waals surface area contributed by atoms with Crippen molar-refractivity contribution in [3.8, 4) is 0 Å². The van der Waals surface area contributed by atoms with E-state index in [-0.39, 0.29) is 41.5 Å². The molecule has 1 heterocycles. The van der Waals surface area contributed by atoms with E-state index in [1.165, 1.54) is 11.1 Å². The van der Waals surface area contributed by atoms with Crippen LogP contribution in [-0.4, -0.2) is 49.2 Å². The SMILES string of the molecule is CCOC(=O)N1CCC(NC(N)=NCC(C)(C)c2ccc(C)cc2)CC1.I. The minimum Gasteiger partial charge on any atom is -0.450 e. The van der Waals surface area contributed by atoms with E-state index in [1.807, 2.05) is 6.92 Å². The summed E-state index contributed by atoms with van der Waals surface area (Å²) in [5.41, 5.74) is 8.52. The number of rotatable bonds is 5. The number of hydrogen-bond donors (Lipinski definition) is 2. The maximum atomic E-state index is 11.7. The molecule has 152 valence electrons. The van der Waals surface area contributed by atoms with Gasteiger partial charge in [0.15, 0.2) is 5.96 Å². The van der Waals surface area contributed by atoms with E-state index in [9.17, 15) is 4.79 Å². The fourth-order valence-electron chi connectivity index (χ4n) is 3.05. The molecule has 1 saturated heterocycles. The Morgan fingerprint density at radius 3 is 2.44 bits per heavy atom. The number of nitrogens with two attached hydrogens (primary N) is 1. The number of carbonyl (C=O) groups is 1. The van der Waals surface area contributed by atoms with Crippen LogP contribution in [0.4, 0.5) is 4.79 Å². The van der Waals surface area contributed by atoms with Crippen LogP contribution < -0.4 is 11.1 Å². The van der Waals surface area contributed by atoms with E-state index in [2.05, 4.69) is 55.3 Å². The summed E-state index contributed by atoms with van der Waals surface area (Å²) in [6, 6.07) is 8.80. The van der Waals surface area contributed by atoms with Gasteiger partial charge in [-0.15, -0.1) is 24.0 Å². The Morgan fingerprint density at radius 1 is 1.30 bits per heavy atom. The Bertz CT molecular complexity index is 623. The lowest BCUT2D eigenvalue weighted by atomic mass is 9.84. The predicted octanol–water partition coefficient (Wildman–Crippen LogP) is 3.42. The zero-order valence-corrected chi connectivity index (χ0v) is 19.2. The van der Waals surface area contributed by atoms with Crippen molar-refractivity contribution in [2.75, 3.05) is 26.2 Å². The first-order valence-electron chi connectivity index (χ1n) is 9.37. The first kappa shape index (κ1) is 23.5. The summed E-state index contributed by atoms with van der Waals surface area (Å²) in [7, 11) is 0. The van der Waals surface area contributed by atoms with Crippen LogP contribution in [0.5, 0.6) is 0 Å². The Labute approximate surface area is 179 Å². The van der Waals surface area contributed by atoms with Gasteiger partial charge in [0.05, 0.1) is 13.2 Å². The number of carbonyl (C=O) groups excluding carboxylic acids is 1. The average molecular weight is 488 g/mol. The molecule has 3 N–H and O–H groups in total. The van der Waals surface area contributed by atoms with Crippen LogP contribution in [-0.2, 0) is 10.2 Å². The molecule has 2 rings (SSSR count). The normalized spacial score (nSPS) is 15.9. The molecule has 6 nitrogen and oxygen atoms in total. The second kappa shape index (κ2) is 10.7. The number of aryl methyl sites for hydroxylation is 1. The summed E-state index contributed by atoms with van der Waals surface area (Å²) >= 11 is 0. The van der Waals surface area contributed by atoms with Gasteiger partial charge in [0.2, 0.25) is 0 Å². The summed E-state index contributed by atoms with van der Waals surface area (Å²) < 4.78 is 5.04. The highest BCUT2D eigenvalue weighted by Crippen LogP contribution is 2.23. The number of nitrogens with one attached hydrogen (secondary N) is 1. The van der Waals surface area contributed by atoms with Crippen LogP contribution >= 0.6 is 24.0 Å². The van der Waals surface area contributed by atoms with Gasteiger partial charge in [-0.2, -0.15) is 0 Å². The highest BCUT2D eigenvalue weighted by Gasteiger charge is 2.24. The summed E-state index contributed by atoms with van der Waals surface area (Å²) in [4.78, 5) is 18.0. The molecule has 0 radical (unpaired) electrons. The highest BCUT2D eigenvalue weighted by atomic mass is 127. The van der Waals surface area contributed by atoms with Crippen molar-refractivity contribution in [2.24, 2.45) is 10.7 Å². The topological polar surface area (TPSA) is 80.0 Å². The molecule has 1 aliphatic rings. The molecule has 0 aromatic heterocycles. The van der Waals surface area contributed by atoms with Crippen LogP contribution in [0.2, 0.25) is 0 Å². The van der Waals surface area contributed by atoms with E-state index in [0.29, 0.717) is 32.2 Å². The third kappa shape index (κ3) is 7.20. The van der Waals surface area contributed by atoms with Crippen LogP contribution in [0.3, 0.4) is 0 Å². The Morgan fingerprint density at radius 2 is 1.89 bits per heavy atom. The zero-order chi connectivity index (χ0) is 19.2. The Kier molecular flexibility index (Phi) is 9.35. The molecule has 1 fully saturated rings. The Balaban J connectivity index is 0.00000364. The van der Waals surface area contributed by atoms with Crippen LogP contribution in [0.15, 0.2) is 29.3 Å². The van der Waals surface area contributed by atoms with Crippen molar-refractivity contribution < 1.29 is 9.53 Å². The molecule has 0 saturated carbocycles. The summed E-state index contributed by atoms with van der Waals surface area (Å²) in [6.07, 6.45) is 1.46. The first-order chi connectivity index (χ1) is 12.3. The molecule has 0 unspecified atom stereocenters. The molecule has 1 aromatic rings. The summed E-state index contributed by atoms with van der Waals surface area (Å²) in [5.74, 6) is 0.472. The van der Waals surface area contributed by atoms with E-state index >= 15 is 0 Å². The van der Waals surface area contributed by atoms with E-state index < -0.39 is 0 Å². The van der Waals surface area contributed by atoms with Crippen molar-refractivity contribution in [3.05, 3.63) is 35.4 Å². The number of amides is 1. The fourth-order valence-corrected chi connectivity index (χ4v) is 3.05. The molecule has 0 atom stereocenters. The third-order valence-corrected chi connectivity index (χ3v) is 4.85. The molecule has 1 aromatic carbocycles.